The molecule has 0 aliphatic heterocycles. The molecule has 33 heavy (non-hydrogen) atoms. The molecule has 1 fully saturated rings. The summed E-state index contributed by atoms with van der Waals surface area (Å²) in [5.41, 5.74) is 2.42. The van der Waals surface area contributed by atoms with Gasteiger partial charge in [0.1, 0.15) is 5.75 Å². The van der Waals surface area contributed by atoms with Gasteiger partial charge >= 0.3 is 0 Å². The largest absolute Gasteiger partial charge is 0.459 e. The van der Waals surface area contributed by atoms with Gasteiger partial charge in [-0.2, -0.15) is 5.10 Å². The van der Waals surface area contributed by atoms with Crippen molar-refractivity contribution in [3.8, 4) is 17.3 Å². The maximum absolute atomic E-state index is 13.2. The minimum atomic E-state index is -0.132. The van der Waals surface area contributed by atoms with Gasteiger partial charge in [-0.1, -0.05) is 35.9 Å². The van der Waals surface area contributed by atoms with E-state index in [4.69, 9.17) is 25.9 Å². The van der Waals surface area contributed by atoms with Gasteiger partial charge in [-0.25, -0.2) is 4.68 Å². The number of ether oxygens (including phenoxy) is 1. The molecule has 4 aromatic rings. The molecule has 2 aromatic carbocycles. The number of nitrogens with zero attached hydrogens (tertiary/aromatic N) is 3. The predicted molar refractivity (Wildman–Crippen MR) is 126 cm³/mol. The molecule has 1 amide bonds. The molecule has 0 bridgehead atoms. The second-order valence-electron chi connectivity index (χ2n) is 8.28. The molecule has 1 aliphatic carbocycles. The lowest BCUT2D eigenvalue weighted by Crippen LogP contribution is -2.32. The van der Waals surface area contributed by atoms with E-state index >= 15 is 0 Å². The molecule has 2 heterocycles. The van der Waals surface area contributed by atoms with Crippen LogP contribution in [0.25, 0.3) is 5.69 Å². The Morgan fingerprint density at radius 3 is 2.67 bits per heavy atom. The fourth-order valence-corrected chi connectivity index (χ4v) is 3.97. The van der Waals surface area contributed by atoms with Crippen LogP contribution < -0.4 is 4.74 Å². The highest BCUT2D eigenvalue weighted by Crippen LogP contribution is 2.35. The Kier molecular flexibility index (Phi) is 5.92. The third kappa shape index (κ3) is 4.81. The number of carbonyl (C=O) groups excluding carboxylic acids is 1. The van der Waals surface area contributed by atoms with Gasteiger partial charge in [0.05, 0.1) is 29.8 Å². The summed E-state index contributed by atoms with van der Waals surface area (Å²) in [6.07, 6.45) is 3.79. The van der Waals surface area contributed by atoms with E-state index in [1.165, 1.54) is 6.26 Å². The molecule has 0 spiro atoms. The van der Waals surface area contributed by atoms with Crippen LogP contribution in [0.5, 0.6) is 11.6 Å². The number of hydrogen-bond acceptors (Lipinski definition) is 4. The molecule has 7 heteroatoms. The fourth-order valence-electron chi connectivity index (χ4n) is 3.79. The van der Waals surface area contributed by atoms with E-state index in [0.717, 1.165) is 29.8 Å². The van der Waals surface area contributed by atoms with Crippen LogP contribution in [0.4, 0.5) is 0 Å². The minimum Gasteiger partial charge on any atom is -0.459 e. The summed E-state index contributed by atoms with van der Waals surface area (Å²) < 4.78 is 13.5. The Balaban J connectivity index is 1.55. The van der Waals surface area contributed by atoms with E-state index in [1.54, 1.807) is 16.8 Å². The zero-order chi connectivity index (χ0) is 22.8. The zero-order valence-electron chi connectivity index (χ0n) is 18.3. The third-order valence-corrected chi connectivity index (χ3v) is 5.93. The maximum Gasteiger partial charge on any atom is 0.289 e. The number of aryl methyl sites for hydroxylation is 1. The third-order valence-electron chi connectivity index (χ3n) is 5.69. The molecule has 0 saturated heterocycles. The Hall–Kier alpha value is -3.51. The maximum atomic E-state index is 13.2. The van der Waals surface area contributed by atoms with Crippen molar-refractivity contribution in [1.29, 1.82) is 0 Å². The van der Waals surface area contributed by atoms with Crippen LogP contribution in [0.2, 0.25) is 5.02 Å². The molecule has 0 unspecified atom stereocenters. The highest BCUT2D eigenvalue weighted by molar-refractivity contribution is 6.30. The lowest BCUT2D eigenvalue weighted by molar-refractivity contribution is 0.0701. The zero-order valence-corrected chi connectivity index (χ0v) is 19.0. The molecular formula is C26H24ClN3O3. The number of carbonyl (C=O) groups is 1. The van der Waals surface area contributed by atoms with Crippen molar-refractivity contribution in [2.75, 3.05) is 6.54 Å². The average molecular weight is 462 g/mol. The average Bonchev–Trinajstić information content (AvgIpc) is 3.36. The van der Waals surface area contributed by atoms with Gasteiger partial charge in [-0.05, 0) is 68.1 Å². The number of amides is 1. The SMILES string of the molecule is Cc1nn(-c2cccc(Cl)c2)c(Oc2ccccc2)c1CN(CC1CC1)C(=O)c1ccco1. The number of aromatic nitrogens is 2. The number of hydrogen-bond donors (Lipinski definition) is 0. The first kappa shape index (κ1) is 21.3. The summed E-state index contributed by atoms with van der Waals surface area (Å²) in [4.78, 5) is 15.1. The van der Waals surface area contributed by atoms with Crippen LogP contribution in [-0.4, -0.2) is 27.1 Å². The quantitative estimate of drug-likeness (QED) is 0.310. The van der Waals surface area contributed by atoms with Crippen LogP contribution in [0, 0.1) is 12.8 Å². The molecule has 6 nitrogen and oxygen atoms in total. The summed E-state index contributed by atoms with van der Waals surface area (Å²) in [5, 5.41) is 5.37. The number of rotatable bonds is 8. The Morgan fingerprint density at radius 1 is 1.15 bits per heavy atom. The summed E-state index contributed by atoms with van der Waals surface area (Å²) in [6.45, 7) is 2.97. The van der Waals surface area contributed by atoms with Crippen LogP contribution >= 0.6 is 11.6 Å². The second-order valence-corrected chi connectivity index (χ2v) is 8.72. The lowest BCUT2D eigenvalue weighted by atomic mass is 10.2. The normalized spacial score (nSPS) is 13.2. The van der Waals surface area contributed by atoms with Gasteiger partial charge < -0.3 is 14.1 Å². The summed E-state index contributed by atoms with van der Waals surface area (Å²) in [5.74, 6) is 1.97. The monoisotopic (exact) mass is 461 g/mol. The molecule has 0 N–H and O–H groups in total. The Labute approximate surface area is 197 Å². The van der Waals surface area contributed by atoms with Gasteiger partial charge in [-0.15, -0.1) is 0 Å². The molecule has 168 valence electrons. The highest BCUT2D eigenvalue weighted by atomic mass is 35.5. The molecule has 0 radical (unpaired) electrons. The minimum absolute atomic E-state index is 0.132. The number of benzene rings is 2. The van der Waals surface area contributed by atoms with E-state index in [1.807, 2.05) is 66.4 Å². The fraction of sp³-hybridized carbons (Fsp3) is 0.231. The first-order valence-corrected chi connectivity index (χ1v) is 11.4. The van der Waals surface area contributed by atoms with E-state index in [2.05, 4.69) is 0 Å². The molecule has 2 aromatic heterocycles. The van der Waals surface area contributed by atoms with Crippen molar-refractivity contribution in [2.24, 2.45) is 5.92 Å². The number of furan rings is 1. The first-order valence-electron chi connectivity index (χ1n) is 11.0. The van der Waals surface area contributed by atoms with E-state index < -0.39 is 0 Å². The van der Waals surface area contributed by atoms with Crippen molar-refractivity contribution in [1.82, 2.24) is 14.7 Å². The van der Waals surface area contributed by atoms with Gasteiger partial charge in [0, 0.05) is 11.6 Å². The molecular weight excluding hydrogens is 438 g/mol. The van der Waals surface area contributed by atoms with Crippen molar-refractivity contribution in [3.63, 3.8) is 0 Å². The van der Waals surface area contributed by atoms with Gasteiger partial charge in [-0.3, -0.25) is 4.79 Å². The van der Waals surface area contributed by atoms with E-state index in [-0.39, 0.29) is 5.91 Å². The van der Waals surface area contributed by atoms with Crippen LogP contribution in [-0.2, 0) is 6.54 Å². The highest BCUT2D eigenvalue weighted by Gasteiger charge is 2.31. The second kappa shape index (κ2) is 9.16. The predicted octanol–water partition coefficient (Wildman–Crippen LogP) is 6.27. The number of para-hydroxylation sites is 1. The van der Waals surface area contributed by atoms with Crippen molar-refractivity contribution >= 4 is 17.5 Å². The summed E-state index contributed by atoms with van der Waals surface area (Å²) >= 11 is 6.26. The van der Waals surface area contributed by atoms with Crippen LogP contribution in [0.15, 0.2) is 77.4 Å². The smallest absolute Gasteiger partial charge is 0.289 e. The van der Waals surface area contributed by atoms with Crippen LogP contribution in [0.1, 0.15) is 34.7 Å². The standard InChI is InChI=1S/C26H24ClN3O3/c1-18-23(17-29(16-19-12-13-19)25(31)24-11-6-14-32-24)26(33-22-9-3-2-4-10-22)30(28-18)21-8-5-7-20(27)15-21/h2-11,14-15,19H,12-13,16-17H2,1H3. The Bertz CT molecular complexity index is 1250. The molecule has 0 atom stereocenters. The van der Waals surface area contributed by atoms with Crippen molar-refractivity contribution in [2.45, 2.75) is 26.3 Å². The number of halogens is 1. The van der Waals surface area contributed by atoms with Crippen molar-refractivity contribution < 1.29 is 13.9 Å². The Morgan fingerprint density at radius 2 is 1.97 bits per heavy atom. The van der Waals surface area contributed by atoms with Gasteiger partial charge in [0.15, 0.2) is 5.76 Å². The summed E-state index contributed by atoms with van der Waals surface area (Å²) in [7, 11) is 0. The van der Waals surface area contributed by atoms with Crippen LogP contribution in [0.3, 0.4) is 0 Å². The molecule has 1 aliphatic rings. The van der Waals surface area contributed by atoms with Gasteiger partial charge in [0.2, 0.25) is 5.88 Å². The topological polar surface area (TPSA) is 60.5 Å². The van der Waals surface area contributed by atoms with E-state index in [9.17, 15) is 4.79 Å². The molecule has 5 rings (SSSR count). The lowest BCUT2D eigenvalue weighted by Gasteiger charge is -2.22. The van der Waals surface area contributed by atoms with Crippen molar-refractivity contribution in [3.05, 3.63) is 95.0 Å². The molecule has 1 saturated carbocycles. The first-order chi connectivity index (χ1) is 16.1. The van der Waals surface area contributed by atoms with Gasteiger partial charge in [0.25, 0.3) is 5.91 Å². The summed E-state index contributed by atoms with van der Waals surface area (Å²) in [6, 6.07) is 20.5. The van der Waals surface area contributed by atoms with E-state index in [0.29, 0.717) is 41.4 Å².